The van der Waals surface area contributed by atoms with Gasteiger partial charge >= 0.3 is 0 Å². The lowest BCUT2D eigenvalue weighted by Crippen LogP contribution is -3.00. The Kier molecular flexibility index (Phi) is 32.9. The van der Waals surface area contributed by atoms with E-state index in [4.69, 9.17) is 23.7 Å². The summed E-state index contributed by atoms with van der Waals surface area (Å²) in [7, 11) is 4.18. The van der Waals surface area contributed by atoms with Crippen LogP contribution in [-0.2, 0) is 23.7 Å². The Bertz CT molecular complexity index is 972. The molecule has 0 aromatic heterocycles. The number of rotatable bonds is 36. The van der Waals surface area contributed by atoms with E-state index in [0.29, 0.717) is 17.6 Å². The standard InChI is InChI=1S/C45H90NO12.ClH/c1-5-7-9-11-13-15-17-18-19-20-22-24-26-28-30-55-44-42(52)41(51)39(49)37(58-44)34-56-45-43(53)40(50)38(48)36(57-45)33-54-32-35(47)31-46(3,4)29-27-25-23-21-16-14-12-10-8-6-2;/h35-45,47-53H,5-34H2,1-4H3;1H/q+1;/p-1/t35?,36-,37-,38-,39-,40+,41+,42-,43-,44-,45+;/m1./s1. The number of hydrogen-bond donors (Lipinski definition) is 7. The van der Waals surface area contributed by atoms with Crippen molar-refractivity contribution < 1.29 is 76.3 Å². The van der Waals surface area contributed by atoms with E-state index in [1.807, 2.05) is 0 Å². The highest BCUT2D eigenvalue weighted by Crippen LogP contribution is 2.27. The second kappa shape index (κ2) is 34.2. The normalized spacial score (nSPS) is 28.1. The van der Waals surface area contributed by atoms with Crippen LogP contribution in [0.15, 0.2) is 0 Å². The van der Waals surface area contributed by atoms with Crippen molar-refractivity contribution >= 4 is 0 Å². The predicted molar refractivity (Wildman–Crippen MR) is 226 cm³/mol. The zero-order valence-corrected chi connectivity index (χ0v) is 38.3. The fourth-order valence-electron chi connectivity index (χ4n) is 8.13. The van der Waals surface area contributed by atoms with Gasteiger partial charge in [-0.2, -0.15) is 0 Å². The smallest absolute Gasteiger partial charge is 0.186 e. The van der Waals surface area contributed by atoms with Gasteiger partial charge in [0.2, 0.25) is 0 Å². The second-order valence-corrected chi connectivity index (χ2v) is 18.0. The van der Waals surface area contributed by atoms with Crippen LogP contribution in [0.25, 0.3) is 0 Å². The van der Waals surface area contributed by atoms with Gasteiger partial charge in [-0.3, -0.25) is 0 Å². The minimum atomic E-state index is -1.62. The SMILES string of the molecule is CCCCCCCCCCCCCCCCO[C@@H]1O[C@H](CO[C@H]2O[C@H](COCC(O)C[N+](C)(C)CCCCCCCCCCCC)[C@@H](O)[C@H](O)[C@H]2O)[C@@H](O)[C@H](O)[C@H]1O.[Cl-]. The largest absolute Gasteiger partial charge is 1.00 e. The van der Waals surface area contributed by atoms with Crippen molar-refractivity contribution in [1.82, 2.24) is 0 Å². The molecule has 0 amide bonds. The summed E-state index contributed by atoms with van der Waals surface area (Å²) in [6.45, 7) is 5.71. The number of aliphatic hydroxyl groups excluding tert-OH is 7. The Morgan fingerprint density at radius 3 is 1.29 bits per heavy atom. The third-order valence-corrected chi connectivity index (χ3v) is 12.0. The number of likely N-dealkylation sites (N-methyl/N-ethyl adjacent to an activating group) is 1. The van der Waals surface area contributed by atoms with Gasteiger partial charge in [0.25, 0.3) is 0 Å². The molecule has 0 aliphatic carbocycles. The molecular weight excluding hydrogens is 782 g/mol. The van der Waals surface area contributed by atoms with Gasteiger partial charge in [0, 0.05) is 6.61 Å². The summed E-state index contributed by atoms with van der Waals surface area (Å²) in [6.07, 6.45) is 15.2. The van der Waals surface area contributed by atoms with Gasteiger partial charge < -0.3 is 76.3 Å². The lowest BCUT2D eigenvalue weighted by Gasteiger charge is -2.43. The summed E-state index contributed by atoms with van der Waals surface area (Å²) in [6, 6.07) is 0. The molecule has 14 heteroatoms. The van der Waals surface area contributed by atoms with E-state index >= 15 is 0 Å². The van der Waals surface area contributed by atoms with Crippen molar-refractivity contribution in [3.05, 3.63) is 0 Å². The molecule has 2 heterocycles. The molecule has 0 radical (unpaired) electrons. The summed E-state index contributed by atoms with van der Waals surface area (Å²) in [4.78, 5) is 0. The lowest BCUT2D eigenvalue weighted by atomic mass is 9.98. The Hall–Kier alpha value is -0.230. The monoisotopic (exact) mass is 872 g/mol. The minimum absolute atomic E-state index is 0. The lowest BCUT2D eigenvalue weighted by molar-refractivity contribution is -0.893. The summed E-state index contributed by atoms with van der Waals surface area (Å²) in [5, 5.41) is 74.2. The van der Waals surface area contributed by atoms with E-state index in [0.717, 1.165) is 32.2 Å². The highest BCUT2D eigenvalue weighted by atomic mass is 35.5. The Morgan fingerprint density at radius 2 is 0.847 bits per heavy atom. The molecule has 2 rings (SSSR count). The first kappa shape index (κ1) is 56.8. The van der Waals surface area contributed by atoms with E-state index in [-0.39, 0.29) is 32.2 Å². The van der Waals surface area contributed by atoms with Crippen LogP contribution >= 0.6 is 0 Å². The van der Waals surface area contributed by atoms with Gasteiger partial charge in [0.05, 0.1) is 40.5 Å². The average molecular weight is 873 g/mol. The van der Waals surface area contributed by atoms with E-state index in [2.05, 4.69) is 27.9 Å². The van der Waals surface area contributed by atoms with Gasteiger partial charge in [-0.1, -0.05) is 149 Å². The van der Waals surface area contributed by atoms with Gasteiger partial charge in [-0.05, 0) is 19.3 Å². The Labute approximate surface area is 364 Å². The molecule has 13 nitrogen and oxygen atoms in total. The maximum absolute atomic E-state index is 10.7. The zero-order valence-electron chi connectivity index (χ0n) is 37.6. The topological polar surface area (TPSA) is 188 Å². The molecule has 0 spiro atoms. The Balaban J connectivity index is 0.0000174. The van der Waals surface area contributed by atoms with Crippen molar-refractivity contribution in [2.75, 3.05) is 53.6 Å². The van der Waals surface area contributed by atoms with Crippen molar-refractivity contribution in [1.29, 1.82) is 0 Å². The Morgan fingerprint density at radius 1 is 0.475 bits per heavy atom. The quantitative estimate of drug-likeness (QED) is 0.0361. The molecule has 0 aromatic rings. The third kappa shape index (κ3) is 24.4. The molecule has 2 aliphatic rings. The fourth-order valence-corrected chi connectivity index (χ4v) is 8.13. The van der Waals surface area contributed by atoms with Crippen molar-refractivity contribution in [3.8, 4) is 0 Å². The first-order valence-electron chi connectivity index (χ1n) is 23.6. The third-order valence-electron chi connectivity index (χ3n) is 12.0. The van der Waals surface area contributed by atoms with Crippen LogP contribution in [0.4, 0.5) is 0 Å². The van der Waals surface area contributed by atoms with Gasteiger partial charge in [0.15, 0.2) is 12.6 Å². The van der Waals surface area contributed by atoms with E-state index < -0.39 is 67.5 Å². The van der Waals surface area contributed by atoms with Crippen LogP contribution < -0.4 is 12.4 Å². The van der Waals surface area contributed by atoms with Crippen LogP contribution in [0.3, 0.4) is 0 Å². The van der Waals surface area contributed by atoms with Crippen LogP contribution in [0.1, 0.15) is 168 Å². The number of unbranched alkanes of at least 4 members (excludes halogenated alkanes) is 22. The molecule has 2 fully saturated rings. The zero-order chi connectivity index (χ0) is 42.6. The molecule has 0 saturated carbocycles. The summed E-state index contributed by atoms with van der Waals surface area (Å²) in [5.74, 6) is 0. The molecule has 354 valence electrons. The summed E-state index contributed by atoms with van der Waals surface area (Å²) in [5.41, 5.74) is 0. The van der Waals surface area contributed by atoms with Crippen molar-refractivity contribution in [2.45, 2.75) is 235 Å². The number of aliphatic hydroxyl groups is 7. The number of ether oxygens (including phenoxy) is 5. The molecule has 7 N–H and O–H groups in total. The van der Waals surface area contributed by atoms with Gasteiger partial charge in [0.1, 0.15) is 61.5 Å². The van der Waals surface area contributed by atoms with Crippen molar-refractivity contribution in [3.63, 3.8) is 0 Å². The molecule has 1 unspecified atom stereocenters. The van der Waals surface area contributed by atoms with Crippen LogP contribution in [-0.4, -0.2) is 161 Å². The second-order valence-electron chi connectivity index (χ2n) is 18.0. The molecule has 0 aromatic carbocycles. The highest BCUT2D eigenvalue weighted by molar-refractivity contribution is 4.92. The number of quaternary nitrogens is 1. The van der Waals surface area contributed by atoms with E-state index in [9.17, 15) is 35.7 Å². The summed E-state index contributed by atoms with van der Waals surface area (Å²) >= 11 is 0. The van der Waals surface area contributed by atoms with Gasteiger partial charge in [-0.25, -0.2) is 0 Å². The first-order chi connectivity index (χ1) is 27.9. The van der Waals surface area contributed by atoms with Gasteiger partial charge in [-0.15, -0.1) is 0 Å². The molecule has 0 bridgehead atoms. The van der Waals surface area contributed by atoms with E-state index in [1.54, 1.807) is 0 Å². The first-order valence-corrected chi connectivity index (χ1v) is 23.6. The van der Waals surface area contributed by atoms with Crippen LogP contribution in [0, 0.1) is 0 Å². The van der Waals surface area contributed by atoms with E-state index in [1.165, 1.54) is 128 Å². The maximum atomic E-state index is 10.7. The fraction of sp³-hybridized carbons (Fsp3) is 1.00. The summed E-state index contributed by atoms with van der Waals surface area (Å²) < 4.78 is 29.4. The molecule has 11 atom stereocenters. The minimum Gasteiger partial charge on any atom is -1.00 e. The maximum Gasteiger partial charge on any atom is 0.186 e. The van der Waals surface area contributed by atoms with Crippen LogP contribution in [0.2, 0.25) is 0 Å². The number of halogens is 1. The average Bonchev–Trinajstić information content (AvgIpc) is 3.19. The van der Waals surface area contributed by atoms with Crippen molar-refractivity contribution in [2.24, 2.45) is 0 Å². The molecule has 2 aliphatic heterocycles. The molecule has 2 saturated heterocycles. The number of hydrogen-bond acceptors (Lipinski definition) is 12. The number of nitrogens with zero attached hydrogens (tertiary/aromatic N) is 1. The molecular formula is C45H90ClNO12. The predicted octanol–water partition coefficient (Wildman–Crippen LogP) is 2.49. The highest BCUT2D eigenvalue weighted by Gasteiger charge is 2.47. The van der Waals surface area contributed by atoms with Crippen LogP contribution in [0.5, 0.6) is 0 Å². The molecule has 59 heavy (non-hydrogen) atoms.